The second kappa shape index (κ2) is 7.78. The van der Waals surface area contributed by atoms with Gasteiger partial charge in [-0.25, -0.2) is 9.18 Å². The van der Waals surface area contributed by atoms with Crippen LogP contribution in [0.3, 0.4) is 0 Å². The van der Waals surface area contributed by atoms with E-state index < -0.39 is 0 Å². The van der Waals surface area contributed by atoms with Gasteiger partial charge in [-0.2, -0.15) is 0 Å². The minimum Gasteiger partial charge on any atom is -0.440 e. The quantitative estimate of drug-likeness (QED) is 0.721. The summed E-state index contributed by atoms with van der Waals surface area (Å²) in [6.45, 7) is 3.81. The number of halogens is 1. The second-order valence-electron chi connectivity index (χ2n) is 9.07. The van der Waals surface area contributed by atoms with Gasteiger partial charge in [-0.3, -0.25) is 4.90 Å². The second-order valence-corrected chi connectivity index (χ2v) is 9.07. The molecule has 27 heavy (non-hydrogen) atoms. The molecule has 1 unspecified atom stereocenters. The average Bonchev–Trinajstić information content (AvgIpc) is 2.68. The number of rotatable bonds is 4. The monoisotopic (exact) mass is 375 g/mol. The Hall–Kier alpha value is -1.62. The zero-order chi connectivity index (χ0) is 18.9. The van der Waals surface area contributed by atoms with Crippen LogP contribution in [0.5, 0.6) is 0 Å². The molecule has 4 aliphatic rings. The van der Waals surface area contributed by atoms with E-state index in [0.29, 0.717) is 24.1 Å². The third-order valence-corrected chi connectivity index (χ3v) is 7.01. The van der Waals surface area contributed by atoms with Gasteiger partial charge in [0.15, 0.2) is 6.10 Å². The Labute approximate surface area is 161 Å². The van der Waals surface area contributed by atoms with Gasteiger partial charge in [-0.1, -0.05) is 31.4 Å². The molecule has 0 aromatic heterocycles. The number of amides is 1. The molecule has 4 fully saturated rings. The van der Waals surface area contributed by atoms with Crippen LogP contribution in [0.25, 0.3) is 0 Å². The standard InChI is InChI=1S/C22H32FN2O2/c1-25-13-11-18(12-14-25)21(16-25)27-22(26)24(15-17-7-3-2-4-8-17)20-10-6-5-9-19(20)23/h5-6,9-10,17-18,21H,2-4,7-8,11-16H2,1H3/q+1. The molecule has 3 saturated heterocycles. The number of benzene rings is 1. The first-order valence-corrected chi connectivity index (χ1v) is 10.6. The van der Waals surface area contributed by atoms with Crippen molar-refractivity contribution in [2.45, 2.75) is 51.0 Å². The van der Waals surface area contributed by atoms with E-state index in [-0.39, 0.29) is 18.0 Å². The Kier molecular flexibility index (Phi) is 5.40. The van der Waals surface area contributed by atoms with E-state index in [1.807, 2.05) is 0 Å². The first-order valence-electron chi connectivity index (χ1n) is 10.6. The third kappa shape index (κ3) is 4.13. The minimum atomic E-state index is -0.365. The first kappa shape index (κ1) is 18.7. The molecule has 1 aromatic rings. The van der Waals surface area contributed by atoms with Gasteiger partial charge >= 0.3 is 6.09 Å². The molecule has 1 atom stereocenters. The summed E-state index contributed by atoms with van der Waals surface area (Å²) < 4.78 is 21.5. The highest BCUT2D eigenvalue weighted by Crippen LogP contribution is 2.35. The SMILES string of the molecule is C[N+]12CCC(CC1)C(OC(=O)N(CC1CCCCC1)c1ccccc1F)C2. The van der Waals surface area contributed by atoms with Crippen LogP contribution in [0.1, 0.15) is 44.9 Å². The maximum atomic E-state index is 14.5. The highest BCUT2D eigenvalue weighted by atomic mass is 19.1. The van der Waals surface area contributed by atoms with Crippen LogP contribution in [0.15, 0.2) is 24.3 Å². The number of piperidine rings is 3. The van der Waals surface area contributed by atoms with E-state index in [1.165, 1.54) is 38.4 Å². The third-order valence-electron chi connectivity index (χ3n) is 7.01. The molecule has 2 bridgehead atoms. The van der Waals surface area contributed by atoms with Crippen molar-refractivity contribution in [2.75, 3.05) is 38.1 Å². The van der Waals surface area contributed by atoms with Crippen LogP contribution < -0.4 is 4.90 Å². The number of carbonyl (C=O) groups excluding carboxylic acids is 1. The summed E-state index contributed by atoms with van der Waals surface area (Å²) in [7, 11) is 2.26. The number of hydrogen-bond donors (Lipinski definition) is 0. The summed E-state index contributed by atoms with van der Waals surface area (Å²) in [5.41, 5.74) is 0.356. The Morgan fingerprint density at radius 1 is 1.15 bits per heavy atom. The summed E-state index contributed by atoms with van der Waals surface area (Å²) in [6, 6.07) is 6.59. The van der Waals surface area contributed by atoms with E-state index in [2.05, 4.69) is 7.05 Å². The number of hydrogen-bond acceptors (Lipinski definition) is 2. The van der Waals surface area contributed by atoms with Gasteiger partial charge in [0.2, 0.25) is 0 Å². The highest BCUT2D eigenvalue weighted by molar-refractivity contribution is 5.88. The molecule has 1 aromatic carbocycles. The topological polar surface area (TPSA) is 29.5 Å². The number of likely N-dealkylation sites (N-methyl/N-ethyl adjacent to an activating group) is 1. The van der Waals surface area contributed by atoms with Crippen LogP contribution in [-0.2, 0) is 4.74 Å². The Morgan fingerprint density at radius 3 is 2.52 bits per heavy atom. The van der Waals surface area contributed by atoms with E-state index in [1.54, 1.807) is 23.1 Å². The first-order chi connectivity index (χ1) is 13.0. The lowest BCUT2D eigenvalue weighted by Crippen LogP contribution is -2.62. The van der Waals surface area contributed by atoms with Crippen molar-refractivity contribution in [3.05, 3.63) is 30.1 Å². The van der Waals surface area contributed by atoms with Gasteiger partial charge in [-0.05, 0) is 30.9 Å². The largest absolute Gasteiger partial charge is 0.440 e. The molecule has 5 heteroatoms. The number of carbonyl (C=O) groups is 1. The number of anilines is 1. The number of nitrogens with zero attached hydrogens (tertiary/aromatic N) is 2. The number of para-hydroxylation sites is 1. The lowest BCUT2D eigenvalue weighted by molar-refractivity contribution is -0.928. The maximum Gasteiger partial charge on any atom is 0.414 e. The normalized spacial score (nSPS) is 30.9. The van der Waals surface area contributed by atoms with Gasteiger partial charge in [-0.15, -0.1) is 0 Å². The Balaban J connectivity index is 1.50. The van der Waals surface area contributed by atoms with Gasteiger partial charge in [0.1, 0.15) is 12.4 Å². The minimum absolute atomic E-state index is 0.0365. The molecule has 3 aliphatic heterocycles. The van der Waals surface area contributed by atoms with E-state index in [4.69, 9.17) is 4.74 Å². The molecular formula is C22H32FN2O2+. The fourth-order valence-electron chi connectivity index (χ4n) is 5.25. The number of quaternary nitrogens is 1. The summed E-state index contributed by atoms with van der Waals surface area (Å²) in [5, 5.41) is 0. The van der Waals surface area contributed by atoms with Crippen molar-refractivity contribution in [3.8, 4) is 0 Å². The number of fused-ring (bicyclic) bond motifs is 3. The van der Waals surface area contributed by atoms with Crippen LogP contribution in [0, 0.1) is 17.7 Å². The maximum absolute atomic E-state index is 14.5. The van der Waals surface area contributed by atoms with Gasteiger partial charge in [0.25, 0.3) is 0 Å². The molecule has 5 rings (SSSR count). The van der Waals surface area contributed by atoms with Gasteiger partial charge in [0.05, 0.1) is 25.8 Å². The van der Waals surface area contributed by atoms with Crippen LogP contribution in [0.2, 0.25) is 0 Å². The zero-order valence-corrected chi connectivity index (χ0v) is 16.4. The van der Waals surface area contributed by atoms with Crippen molar-refractivity contribution < 1.29 is 18.4 Å². The van der Waals surface area contributed by atoms with Crippen molar-refractivity contribution in [1.82, 2.24) is 0 Å². The smallest absolute Gasteiger partial charge is 0.414 e. The Bertz CT molecular complexity index is 666. The van der Waals surface area contributed by atoms with E-state index in [0.717, 1.165) is 36.7 Å². The van der Waals surface area contributed by atoms with Gasteiger partial charge in [0, 0.05) is 25.3 Å². The fourth-order valence-corrected chi connectivity index (χ4v) is 5.25. The highest BCUT2D eigenvalue weighted by Gasteiger charge is 2.45. The fraction of sp³-hybridized carbons (Fsp3) is 0.682. The molecule has 0 N–H and O–H groups in total. The molecule has 3 heterocycles. The summed E-state index contributed by atoms with van der Waals surface area (Å²) in [4.78, 5) is 14.7. The van der Waals surface area contributed by atoms with Crippen molar-refractivity contribution in [3.63, 3.8) is 0 Å². The lowest BCUT2D eigenvalue weighted by Gasteiger charge is -2.50. The molecule has 1 saturated carbocycles. The molecule has 1 aliphatic carbocycles. The molecule has 0 radical (unpaired) electrons. The van der Waals surface area contributed by atoms with Crippen LogP contribution >= 0.6 is 0 Å². The average molecular weight is 376 g/mol. The summed E-state index contributed by atoms with van der Waals surface area (Å²) in [6.07, 6.45) is 7.73. The van der Waals surface area contributed by atoms with Crippen molar-refractivity contribution in [2.24, 2.45) is 11.8 Å². The molecular weight excluding hydrogens is 343 g/mol. The lowest BCUT2D eigenvalue weighted by atomic mass is 9.84. The van der Waals surface area contributed by atoms with Crippen LogP contribution in [0.4, 0.5) is 14.9 Å². The predicted molar refractivity (Wildman–Crippen MR) is 104 cm³/mol. The molecule has 0 spiro atoms. The summed E-state index contributed by atoms with van der Waals surface area (Å²) in [5.74, 6) is 0.547. The van der Waals surface area contributed by atoms with E-state index in [9.17, 15) is 9.18 Å². The van der Waals surface area contributed by atoms with Crippen molar-refractivity contribution in [1.29, 1.82) is 0 Å². The molecule has 1 amide bonds. The molecule has 4 nitrogen and oxygen atoms in total. The van der Waals surface area contributed by atoms with Crippen LogP contribution in [-0.4, -0.2) is 49.9 Å². The van der Waals surface area contributed by atoms with Gasteiger partial charge < -0.3 is 9.22 Å². The van der Waals surface area contributed by atoms with Crippen molar-refractivity contribution >= 4 is 11.8 Å². The predicted octanol–water partition coefficient (Wildman–Crippen LogP) is 4.59. The zero-order valence-electron chi connectivity index (χ0n) is 16.4. The summed E-state index contributed by atoms with van der Waals surface area (Å²) >= 11 is 0. The van der Waals surface area contributed by atoms with E-state index >= 15 is 0 Å². The number of ether oxygens (including phenoxy) is 1. The molecule has 148 valence electrons. The Morgan fingerprint density at radius 2 is 1.85 bits per heavy atom.